The van der Waals surface area contributed by atoms with Crippen LogP contribution in [0.15, 0.2) is 33.5 Å². The van der Waals surface area contributed by atoms with Crippen molar-refractivity contribution in [3.63, 3.8) is 0 Å². The minimum Gasteiger partial charge on any atom is -0.366 e. The first-order chi connectivity index (χ1) is 8.47. The molecule has 0 bridgehead atoms. The fourth-order valence-corrected chi connectivity index (χ4v) is 2.62. The topological polar surface area (TPSA) is 60.9 Å². The third-order valence-electron chi connectivity index (χ3n) is 2.35. The van der Waals surface area contributed by atoms with Crippen LogP contribution in [0.25, 0.3) is 0 Å². The normalized spacial score (nSPS) is 10.6. The van der Waals surface area contributed by atoms with E-state index in [9.17, 15) is 9.18 Å². The highest BCUT2D eigenvalue weighted by atomic mass is 79.9. The monoisotopic (exact) mass is 375 g/mol. The van der Waals surface area contributed by atoms with E-state index in [2.05, 4.69) is 37.0 Å². The van der Waals surface area contributed by atoms with Crippen LogP contribution in [0, 0.1) is 5.82 Å². The summed E-state index contributed by atoms with van der Waals surface area (Å²) in [5, 5.41) is 4.12. The highest BCUT2D eigenvalue weighted by Gasteiger charge is 2.10. The van der Waals surface area contributed by atoms with E-state index in [0.717, 1.165) is 0 Å². The molecule has 0 fully saturated rings. The summed E-state index contributed by atoms with van der Waals surface area (Å²) in [5.74, 6) is -0.990. The molecule has 0 aliphatic carbocycles. The first-order valence-electron chi connectivity index (χ1n) is 4.94. The Bertz CT molecular complexity index is 612. The number of carbonyl (C=O) groups is 1. The minimum absolute atomic E-state index is 0.207. The van der Waals surface area contributed by atoms with Gasteiger partial charge in [-0.15, -0.1) is 0 Å². The van der Waals surface area contributed by atoms with Crippen LogP contribution in [0.1, 0.15) is 15.9 Å². The SMILES string of the molecule is NC(=O)c1ccc(F)c(Cn2nc(Br)cc2Br)c1. The maximum atomic E-state index is 13.6. The largest absolute Gasteiger partial charge is 0.366 e. The molecule has 0 aliphatic rings. The van der Waals surface area contributed by atoms with Gasteiger partial charge in [-0.1, -0.05) is 0 Å². The van der Waals surface area contributed by atoms with Crippen LogP contribution in [-0.4, -0.2) is 15.7 Å². The van der Waals surface area contributed by atoms with Crippen molar-refractivity contribution in [1.82, 2.24) is 9.78 Å². The van der Waals surface area contributed by atoms with Crippen molar-refractivity contribution in [1.29, 1.82) is 0 Å². The van der Waals surface area contributed by atoms with E-state index >= 15 is 0 Å². The van der Waals surface area contributed by atoms with Crippen LogP contribution in [0.4, 0.5) is 4.39 Å². The van der Waals surface area contributed by atoms with E-state index in [4.69, 9.17) is 5.73 Å². The van der Waals surface area contributed by atoms with Crippen LogP contribution in [0.3, 0.4) is 0 Å². The Morgan fingerprint density at radius 3 is 2.67 bits per heavy atom. The number of hydrogen-bond donors (Lipinski definition) is 1. The van der Waals surface area contributed by atoms with Gasteiger partial charge in [-0.3, -0.25) is 9.48 Å². The minimum atomic E-state index is -0.586. The molecule has 0 radical (unpaired) electrons. The fourth-order valence-electron chi connectivity index (χ4n) is 1.49. The van der Waals surface area contributed by atoms with Gasteiger partial charge < -0.3 is 5.73 Å². The zero-order chi connectivity index (χ0) is 13.3. The molecule has 1 aromatic carbocycles. The van der Waals surface area contributed by atoms with Crippen molar-refractivity contribution in [2.75, 3.05) is 0 Å². The zero-order valence-electron chi connectivity index (χ0n) is 9.03. The van der Waals surface area contributed by atoms with Gasteiger partial charge in [0.2, 0.25) is 5.91 Å². The van der Waals surface area contributed by atoms with Crippen LogP contribution in [-0.2, 0) is 6.54 Å². The smallest absolute Gasteiger partial charge is 0.248 e. The van der Waals surface area contributed by atoms with Crippen LogP contribution in [0.2, 0.25) is 0 Å². The summed E-state index contributed by atoms with van der Waals surface area (Å²) in [6, 6.07) is 5.76. The van der Waals surface area contributed by atoms with Gasteiger partial charge in [0.25, 0.3) is 0 Å². The third kappa shape index (κ3) is 2.78. The maximum Gasteiger partial charge on any atom is 0.248 e. The molecule has 1 amide bonds. The second kappa shape index (κ2) is 5.19. The molecule has 0 aliphatic heterocycles. The van der Waals surface area contributed by atoms with Crippen molar-refractivity contribution >= 4 is 37.8 Å². The molecule has 7 heteroatoms. The third-order valence-corrected chi connectivity index (χ3v) is 3.38. The Morgan fingerprint density at radius 2 is 2.11 bits per heavy atom. The summed E-state index contributed by atoms with van der Waals surface area (Å²) in [6.07, 6.45) is 0. The first kappa shape index (κ1) is 13.2. The predicted octanol–water partition coefficient (Wildman–Crippen LogP) is 2.69. The van der Waals surface area contributed by atoms with Crippen LogP contribution < -0.4 is 5.73 Å². The van der Waals surface area contributed by atoms with Crippen molar-refractivity contribution < 1.29 is 9.18 Å². The molecule has 18 heavy (non-hydrogen) atoms. The lowest BCUT2D eigenvalue weighted by Gasteiger charge is -2.06. The van der Waals surface area contributed by atoms with E-state index in [0.29, 0.717) is 14.8 Å². The highest BCUT2D eigenvalue weighted by molar-refractivity contribution is 9.11. The number of nitrogens with two attached hydrogens (primary N) is 1. The number of rotatable bonds is 3. The van der Waals surface area contributed by atoms with Gasteiger partial charge in [-0.2, -0.15) is 5.10 Å². The lowest BCUT2D eigenvalue weighted by Crippen LogP contribution is -2.12. The molecule has 0 unspecified atom stereocenters. The molecule has 0 saturated heterocycles. The average molecular weight is 377 g/mol. The summed E-state index contributed by atoms with van der Waals surface area (Å²) in [6.45, 7) is 0.207. The molecule has 1 heterocycles. The van der Waals surface area contributed by atoms with Gasteiger partial charge >= 0.3 is 0 Å². The Labute approximate surface area is 119 Å². The molecule has 0 saturated carbocycles. The Morgan fingerprint density at radius 1 is 1.39 bits per heavy atom. The van der Waals surface area contributed by atoms with Gasteiger partial charge in [-0.05, 0) is 50.1 Å². The van der Waals surface area contributed by atoms with Crippen molar-refractivity contribution in [2.24, 2.45) is 5.73 Å². The number of primary amides is 1. The lowest BCUT2D eigenvalue weighted by molar-refractivity contribution is 0.1000. The standard InChI is InChI=1S/C11H8Br2FN3O/c12-9-4-10(13)17(16-9)5-7-3-6(11(15)18)1-2-8(7)14/h1-4H,5H2,(H2,15,18). The van der Waals surface area contributed by atoms with Crippen molar-refractivity contribution in [2.45, 2.75) is 6.54 Å². The van der Waals surface area contributed by atoms with Crippen LogP contribution in [0.5, 0.6) is 0 Å². The summed E-state index contributed by atoms with van der Waals surface area (Å²) >= 11 is 6.53. The Hall–Kier alpha value is -1.21. The van der Waals surface area contributed by atoms with E-state index in [-0.39, 0.29) is 12.1 Å². The van der Waals surface area contributed by atoms with E-state index < -0.39 is 11.7 Å². The molecule has 1 aromatic heterocycles. The summed E-state index contributed by atoms with van der Waals surface area (Å²) in [5.41, 5.74) is 5.78. The molecule has 2 N–H and O–H groups in total. The van der Waals surface area contributed by atoms with Gasteiger partial charge in [0.05, 0.1) is 6.54 Å². The van der Waals surface area contributed by atoms with E-state index in [1.54, 1.807) is 10.7 Å². The van der Waals surface area contributed by atoms with Gasteiger partial charge in [0.1, 0.15) is 15.0 Å². The van der Waals surface area contributed by atoms with Gasteiger partial charge in [-0.25, -0.2) is 4.39 Å². The number of aromatic nitrogens is 2. The molecule has 0 spiro atoms. The zero-order valence-corrected chi connectivity index (χ0v) is 12.2. The average Bonchev–Trinajstić information content (AvgIpc) is 2.60. The fraction of sp³-hybridized carbons (Fsp3) is 0.0909. The number of benzene rings is 1. The number of halogens is 3. The highest BCUT2D eigenvalue weighted by Crippen LogP contribution is 2.19. The molecule has 94 valence electrons. The molecule has 0 atom stereocenters. The second-order valence-electron chi connectivity index (χ2n) is 3.62. The molecule has 2 rings (SSSR count). The summed E-state index contributed by atoms with van der Waals surface area (Å²) < 4.78 is 16.5. The molecular formula is C11H8Br2FN3O. The quantitative estimate of drug-likeness (QED) is 0.895. The number of amides is 1. The molecular weight excluding hydrogens is 369 g/mol. The second-order valence-corrected chi connectivity index (χ2v) is 5.24. The number of hydrogen-bond acceptors (Lipinski definition) is 2. The van der Waals surface area contributed by atoms with Crippen molar-refractivity contribution in [3.05, 3.63) is 50.4 Å². The summed E-state index contributed by atoms with van der Waals surface area (Å²) in [7, 11) is 0. The number of carbonyl (C=O) groups excluding carboxylic acids is 1. The lowest BCUT2D eigenvalue weighted by atomic mass is 10.1. The Kier molecular flexibility index (Phi) is 3.82. The summed E-state index contributed by atoms with van der Waals surface area (Å²) in [4.78, 5) is 11.0. The first-order valence-corrected chi connectivity index (χ1v) is 6.53. The van der Waals surface area contributed by atoms with Gasteiger partial charge in [0.15, 0.2) is 0 Å². The van der Waals surface area contributed by atoms with E-state index in [1.165, 1.54) is 18.2 Å². The van der Waals surface area contributed by atoms with Gasteiger partial charge in [0, 0.05) is 17.2 Å². The maximum absolute atomic E-state index is 13.6. The molecule has 4 nitrogen and oxygen atoms in total. The van der Waals surface area contributed by atoms with E-state index in [1.807, 2.05) is 0 Å². The predicted molar refractivity (Wildman–Crippen MR) is 71.6 cm³/mol. The van der Waals surface area contributed by atoms with Crippen molar-refractivity contribution in [3.8, 4) is 0 Å². The number of nitrogens with zero attached hydrogens (tertiary/aromatic N) is 2. The Balaban J connectivity index is 2.36. The van der Waals surface area contributed by atoms with Crippen LogP contribution >= 0.6 is 31.9 Å². The molecule has 2 aromatic rings.